The number of aryl methyl sites for hydroxylation is 1. The zero-order valence-corrected chi connectivity index (χ0v) is 21.1. The van der Waals surface area contributed by atoms with Gasteiger partial charge in [0.1, 0.15) is 23.4 Å². The topological polar surface area (TPSA) is 147 Å². The molecule has 0 saturated carbocycles. The molecule has 0 fully saturated rings. The number of cyclic esters (lactones) is 1. The van der Waals surface area contributed by atoms with E-state index in [4.69, 9.17) is 4.74 Å². The zero-order valence-electron chi connectivity index (χ0n) is 21.1. The van der Waals surface area contributed by atoms with Gasteiger partial charge in [-0.3, -0.25) is 24.0 Å². The highest BCUT2D eigenvalue weighted by atomic mass is 16.6. The average Bonchev–Trinajstić information content (AvgIpc) is 2.99. The van der Waals surface area contributed by atoms with Crippen LogP contribution in [0.5, 0.6) is 5.75 Å². The molecule has 0 saturated heterocycles. The number of carbonyl (C=O) groups excluding carboxylic acids is 5. The number of phenolic OH excluding ortho intramolecular Hbond substituents is 1. The molecule has 2 bridgehead atoms. The fraction of sp³-hybridized carbons (Fsp3) is 0.393. The molecule has 1 aromatic rings. The van der Waals surface area contributed by atoms with Crippen LogP contribution in [0.25, 0.3) is 0 Å². The Morgan fingerprint density at radius 1 is 1.11 bits per heavy atom. The summed E-state index contributed by atoms with van der Waals surface area (Å²) in [7, 11) is 0. The molecule has 9 nitrogen and oxygen atoms in total. The molecule has 0 unspecified atom stereocenters. The number of aliphatic hydroxyl groups is 1. The van der Waals surface area contributed by atoms with Gasteiger partial charge in [0.05, 0.1) is 11.3 Å². The van der Waals surface area contributed by atoms with Gasteiger partial charge in [0, 0.05) is 29.2 Å². The van der Waals surface area contributed by atoms with Crippen molar-refractivity contribution in [2.75, 3.05) is 0 Å². The van der Waals surface area contributed by atoms with Crippen LogP contribution in [0.2, 0.25) is 0 Å². The van der Waals surface area contributed by atoms with Gasteiger partial charge in [-0.05, 0) is 51.2 Å². The van der Waals surface area contributed by atoms with Crippen LogP contribution in [0, 0.1) is 18.3 Å². The lowest BCUT2D eigenvalue weighted by Crippen LogP contribution is -2.42. The second kappa shape index (κ2) is 9.55. The highest BCUT2D eigenvalue weighted by molar-refractivity contribution is 6.32. The molecule has 4 rings (SSSR count). The predicted octanol–water partition coefficient (Wildman–Crippen LogP) is 2.88. The van der Waals surface area contributed by atoms with Gasteiger partial charge in [-0.15, -0.1) is 0 Å². The van der Waals surface area contributed by atoms with Gasteiger partial charge in [-0.2, -0.15) is 0 Å². The van der Waals surface area contributed by atoms with Crippen molar-refractivity contribution in [3.63, 3.8) is 0 Å². The molecule has 9 heteroatoms. The molecule has 1 aromatic carbocycles. The fourth-order valence-corrected chi connectivity index (χ4v) is 4.92. The summed E-state index contributed by atoms with van der Waals surface area (Å²) >= 11 is 0. The number of benzene rings is 1. The average molecular weight is 508 g/mol. The third-order valence-corrected chi connectivity index (χ3v) is 7.33. The summed E-state index contributed by atoms with van der Waals surface area (Å²) in [4.78, 5) is 67.1. The molecule has 3 aliphatic rings. The number of esters is 1. The summed E-state index contributed by atoms with van der Waals surface area (Å²) < 4.78 is 5.53. The molecule has 2 aliphatic heterocycles. The van der Waals surface area contributed by atoms with Crippen molar-refractivity contribution >= 4 is 29.2 Å². The lowest BCUT2D eigenvalue weighted by molar-refractivity contribution is -0.158. The van der Waals surface area contributed by atoms with E-state index in [1.807, 2.05) is 6.92 Å². The number of carbonyl (C=O) groups is 5. The van der Waals surface area contributed by atoms with Crippen LogP contribution in [0.4, 0.5) is 0 Å². The summed E-state index contributed by atoms with van der Waals surface area (Å²) in [5, 5.41) is 23.9. The van der Waals surface area contributed by atoms with Gasteiger partial charge in [0.15, 0.2) is 11.6 Å². The molecule has 1 amide bonds. The number of rotatable bonds is 1. The van der Waals surface area contributed by atoms with Crippen LogP contribution < -0.4 is 5.32 Å². The van der Waals surface area contributed by atoms with Crippen molar-refractivity contribution in [1.29, 1.82) is 0 Å². The number of amides is 1. The van der Waals surface area contributed by atoms with Crippen molar-refractivity contribution < 1.29 is 38.9 Å². The molecule has 0 spiro atoms. The SMILES string of the molecule is CC[C@H]1C=C[C@@H](O)[C@H](C)OC(=O)[C@@]2(C)C=CC(=O)NC3=C2C(=O)c2c(cc(C)c(O)c2C(=O)CC1)C3=O. The van der Waals surface area contributed by atoms with Crippen molar-refractivity contribution in [3.05, 3.63) is 63.9 Å². The number of hydrogen-bond donors (Lipinski definition) is 3. The molecule has 3 N–H and O–H groups in total. The molecule has 37 heavy (non-hydrogen) atoms. The van der Waals surface area contributed by atoms with Crippen LogP contribution >= 0.6 is 0 Å². The van der Waals surface area contributed by atoms with E-state index < -0.39 is 52.6 Å². The Hall–Kier alpha value is -3.85. The van der Waals surface area contributed by atoms with E-state index in [1.54, 1.807) is 6.08 Å². The maximum absolute atomic E-state index is 14.1. The van der Waals surface area contributed by atoms with Gasteiger partial charge in [0.25, 0.3) is 0 Å². The Labute approximate surface area is 213 Å². The van der Waals surface area contributed by atoms with Gasteiger partial charge < -0.3 is 20.3 Å². The number of ether oxygens (including phenoxy) is 1. The molecule has 194 valence electrons. The number of allylic oxidation sites excluding steroid dienone is 2. The standard InChI is InChI=1S/C28H29NO8/c1-5-15-6-8-17(30)14(3)37-27(36)28(4)11-10-19(32)29-23-22(28)26(35)20-16(25(23)34)12-13(2)24(33)21(20)18(31)9-7-15/h6,8,10-12,14-15,17,30,33H,5,7,9H2,1-4H3,(H,29,32)/t14-,15-,17+,28-/m0/s1. The van der Waals surface area contributed by atoms with E-state index >= 15 is 0 Å². The number of phenols is 1. The Morgan fingerprint density at radius 2 is 1.81 bits per heavy atom. The number of nitrogens with one attached hydrogen (secondary N) is 1. The van der Waals surface area contributed by atoms with Crippen LogP contribution in [0.1, 0.15) is 76.7 Å². The number of aliphatic hydroxyl groups excluding tert-OH is 1. The van der Waals surface area contributed by atoms with Crippen molar-refractivity contribution in [3.8, 4) is 5.75 Å². The molecule has 0 aromatic heterocycles. The quantitative estimate of drug-likeness (QED) is 0.388. The van der Waals surface area contributed by atoms with Gasteiger partial charge in [0.2, 0.25) is 11.7 Å². The van der Waals surface area contributed by atoms with Crippen molar-refractivity contribution in [2.45, 2.75) is 59.2 Å². The minimum absolute atomic E-state index is 0.0331. The predicted molar refractivity (Wildman–Crippen MR) is 132 cm³/mol. The first kappa shape index (κ1) is 26.2. The van der Waals surface area contributed by atoms with Crippen LogP contribution in [0.15, 0.2) is 41.6 Å². The van der Waals surface area contributed by atoms with Crippen LogP contribution in [-0.4, -0.2) is 51.6 Å². The minimum atomic E-state index is -1.91. The van der Waals surface area contributed by atoms with E-state index in [9.17, 15) is 34.2 Å². The monoisotopic (exact) mass is 507 g/mol. The minimum Gasteiger partial charge on any atom is -0.507 e. The highest BCUT2D eigenvalue weighted by Crippen LogP contribution is 2.44. The third-order valence-electron chi connectivity index (χ3n) is 7.33. The summed E-state index contributed by atoms with van der Waals surface area (Å²) in [5.74, 6) is -4.35. The van der Waals surface area contributed by atoms with Crippen LogP contribution in [0.3, 0.4) is 0 Å². The van der Waals surface area contributed by atoms with Gasteiger partial charge in [-0.25, -0.2) is 0 Å². The summed E-state index contributed by atoms with van der Waals surface area (Å²) in [5.41, 5.74) is -3.17. The lowest BCUT2D eigenvalue weighted by atomic mass is 9.71. The number of ketones is 3. The molecule has 4 atom stereocenters. The number of hydrogen-bond acceptors (Lipinski definition) is 8. The zero-order chi connectivity index (χ0) is 27.2. The molecule has 0 radical (unpaired) electrons. The Bertz CT molecular complexity index is 1330. The van der Waals surface area contributed by atoms with E-state index in [0.717, 1.165) is 6.08 Å². The largest absolute Gasteiger partial charge is 0.507 e. The molecule has 2 heterocycles. The summed E-state index contributed by atoms with van der Waals surface area (Å²) in [6, 6.07) is 1.30. The highest BCUT2D eigenvalue weighted by Gasteiger charge is 2.50. The maximum Gasteiger partial charge on any atom is 0.320 e. The summed E-state index contributed by atoms with van der Waals surface area (Å²) in [6.45, 7) is 6.24. The fourth-order valence-electron chi connectivity index (χ4n) is 4.92. The molecule has 1 aliphatic carbocycles. The number of aromatic hydroxyl groups is 1. The molecular weight excluding hydrogens is 478 g/mol. The molecular formula is C28H29NO8. The Kier molecular flexibility index (Phi) is 6.77. The van der Waals surface area contributed by atoms with E-state index in [-0.39, 0.29) is 45.9 Å². The van der Waals surface area contributed by atoms with E-state index in [2.05, 4.69) is 5.32 Å². The van der Waals surface area contributed by atoms with Gasteiger partial charge >= 0.3 is 5.97 Å². The Balaban J connectivity index is 2.02. The third kappa shape index (κ3) is 4.33. The summed E-state index contributed by atoms with van der Waals surface area (Å²) in [6.07, 6.45) is 4.22. The van der Waals surface area contributed by atoms with Crippen molar-refractivity contribution in [2.24, 2.45) is 11.3 Å². The van der Waals surface area contributed by atoms with Crippen molar-refractivity contribution in [1.82, 2.24) is 5.32 Å². The second-order valence-electron chi connectivity index (χ2n) is 9.89. The smallest absolute Gasteiger partial charge is 0.320 e. The van der Waals surface area contributed by atoms with Crippen LogP contribution in [-0.2, 0) is 14.3 Å². The lowest BCUT2D eigenvalue weighted by Gasteiger charge is -2.32. The van der Waals surface area contributed by atoms with E-state index in [0.29, 0.717) is 12.8 Å². The maximum atomic E-state index is 14.1. The Morgan fingerprint density at radius 3 is 2.49 bits per heavy atom. The first-order chi connectivity index (χ1) is 17.4. The number of Topliss-reactive ketones (excluding diaryl/α,β-unsaturated/α-hetero) is 3. The normalized spacial score (nSPS) is 28.4. The first-order valence-corrected chi connectivity index (χ1v) is 12.2. The first-order valence-electron chi connectivity index (χ1n) is 12.2. The second-order valence-corrected chi connectivity index (χ2v) is 9.89. The van der Waals surface area contributed by atoms with Gasteiger partial charge in [-0.1, -0.05) is 25.2 Å². The van der Waals surface area contributed by atoms with E-state index in [1.165, 1.54) is 39.0 Å².